The summed E-state index contributed by atoms with van der Waals surface area (Å²) in [6.07, 6.45) is -0.649. The quantitative estimate of drug-likeness (QED) is 0.742. The molecule has 0 amide bonds. The molecule has 136 valence electrons. The standard InChI is InChI=1S/C21H23NO4/c1-3-24-20(23)18-17(15-11-7-5-8-12-15)21(25-4-2)26-22-19(18)16-13-9-6-10-14-16/h5-14,17-18,21H,3-4H2,1-2H3/t17-,18-,21-/m1/s1. The maximum atomic E-state index is 12.9. The third-order valence-electron chi connectivity index (χ3n) is 4.33. The smallest absolute Gasteiger partial charge is 0.316 e. The van der Waals surface area contributed by atoms with Crippen LogP contribution in [0.25, 0.3) is 0 Å². The first-order valence-corrected chi connectivity index (χ1v) is 8.88. The molecule has 5 heteroatoms. The van der Waals surface area contributed by atoms with Crippen LogP contribution in [0.2, 0.25) is 0 Å². The maximum absolute atomic E-state index is 12.9. The molecule has 0 aromatic heterocycles. The van der Waals surface area contributed by atoms with Crippen molar-refractivity contribution >= 4 is 11.7 Å². The van der Waals surface area contributed by atoms with Gasteiger partial charge in [0.05, 0.1) is 12.5 Å². The Hall–Kier alpha value is -2.66. The van der Waals surface area contributed by atoms with Crippen LogP contribution in [0.3, 0.4) is 0 Å². The van der Waals surface area contributed by atoms with Crippen LogP contribution in [0, 0.1) is 5.92 Å². The molecule has 0 spiro atoms. The van der Waals surface area contributed by atoms with Crippen molar-refractivity contribution in [3.8, 4) is 0 Å². The Labute approximate surface area is 153 Å². The summed E-state index contributed by atoms with van der Waals surface area (Å²) in [5.74, 6) is -1.27. The van der Waals surface area contributed by atoms with Crippen molar-refractivity contribution in [3.05, 3.63) is 71.8 Å². The van der Waals surface area contributed by atoms with E-state index in [2.05, 4.69) is 5.16 Å². The molecule has 0 unspecified atom stereocenters. The van der Waals surface area contributed by atoms with Gasteiger partial charge in [-0.25, -0.2) is 0 Å². The van der Waals surface area contributed by atoms with E-state index in [1.807, 2.05) is 67.6 Å². The van der Waals surface area contributed by atoms with Gasteiger partial charge in [-0.2, -0.15) is 0 Å². The fourth-order valence-electron chi connectivity index (χ4n) is 3.21. The van der Waals surface area contributed by atoms with E-state index in [9.17, 15) is 4.79 Å². The zero-order valence-corrected chi connectivity index (χ0v) is 15.0. The number of benzene rings is 2. The van der Waals surface area contributed by atoms with Crippen LogP contribution >= 0.6 is 0 Å². The molecule has 5 nitrogen and oxygen atoms in total. The molecule has 26 heavy (non-hydrogen) atoms. The van der Waals surface area contributed by atoms with Crippen molar-refractivity contribution in [2.75, 3.05) is 13.2 Å². The first-order chi connectivity index (χ1) is 12.8. The minimum atomic E-state index is -0.649. The van der Waals surface area contributed by atoms with E-state index in [0.29, 0.717) is 18.9 Å². The number of hydrogen-bond donors (Lipinski definition) is 0. The van der Waals surface area contributed by atoms with Crippen LogP contribution in [0.5, 0.6) is 0 Å². The molecule has 0 aliphatic carbocycles. The first-order valence-electron chi connectivity index (χ1n) is 8.88. The first kappa shape index (κ1) is 18.1. The number of nitrogens with zero attached hydrogens (tertiary/aromatic N) is 1. The Balaban J connectivity index is 2.09. The summed E-state index contributed by atoms with van der Waals surface area (Å²) in [4.78, 5) is 18.6. The Kier molecular flexibility index (Phi) is 6.02. The number of ether oxygens (including phenoxy) is 2. The van der Waals surface area contributed by atoms with E-state index in [-0.39, 0.29) is 11.9 Å². The molecule has 3 rings (SSSR count). The minimum absolute atomic E-state index is 0.305. The number of oxime groups is 1. The van der Waals surface area contributed by atoms with Gasteiger partial charge in [-0.05, 0) is 19.4 Å². The SMILES string of the molecule is CCOC(=O)[C@H]1C(c2ccccc2)=NO[C@@H](OCC)[C@@H]1c1ccccc1. The Morgan fingerprint density at radius 2 is 1.65 bits per heavy atom. The molecule has 0 saturated heterocycles. The van der Waals surface area contributed by atoms with Gasteiger partial charge < -0.3 is 14.3 Å². The van der Waals surface area contributed by atoms with Gasteiger partial charge in [0.2, 0.25) is 6.29 Å². The summed E-state index contributed by atoms with van der Waals surface area (Å²) in [7, 11) is 0. The molecule has 2 aromatic carbocycles. The Morgan fingerprint density at radius 1 is 1.00 bits per heavy atom. The second-order valence-corrected chi connectivity index (χ2v) is 5.94. The van der Waals surface area contributed by atoms with Crippen molar-refractivity contribution in [1.29, 1.82) is 0 Å². The molecular weight excluding hydrogens is 330 g/mol. The normalized spacial score (nSPS) is 22.2. The number of rotatable bonds is 6. The molecule has 0 fully saturated rings. The second kappa shape index (κ2) is 8.63. The fourth-order valence-corrected chi connectivity index (χ4v) is 3.21. The van der Waals surface area contributed by atoms with E-state index in [1.165, 1.54) is 0 Å². The van der Waals surface area contributed by atoms with Gasteiger partial charge >= 0.3 is 5.97 Å². The van der Waals surface area contributed by atoms with Gasteiger partial charge in [-0.1, -0.05) is 65.8 Å². The fraction of sp³-hybridized carbons (Fsp3) is 0.333. The second-order valence-electron chi connectivity index (χ2n) is 5.94. The molecule has 0 bridgehead atoms. The zero-order chi connectivity index (χ0) is 18.4. The average Bonchev–Trinajstić information content (AvgIpc) is 2.69. The minimum Gasteiger partial charge on any atom is -0.465 e. The highest BCUT2D eigenvalue weighted by molar-refractivity contribution is 6.12. The van der Waals surface area contributed by atoms with E-state index < -0.39 is 12.2 Å². The van der Waals surface area contributed by atoms with Crippen molar-refractivity contribution in [3.63, 3.8) is 0 Å². The van der Waals surface area contributed by atoms with Crippen LogP contribution in [0.4, 0.5) is 0 Å². The summed E-state index contributed by atoms with van der Waals surface area (Å²) < 4.78 is 11.1. The van der Waals surface area contributed by atoms with Gasteiger partial charge in [-0.3, -0.25) is 4.79 Å². The molecule has 0 radical (unpaired) electrons. The number of carbonyl (C=O) groups is 1. The number of carbonyl (C=O) groups excluding carboxylic acids is 1. The van der Waals surface area contributed by atoms with Gasteiger partial charge in [0.15, 0.2) is 0 Å². The van der Waals surface area contributed by atoms with Crippen LogP contribution in [0.1, 0.15) is 30.9 Å². The van der Waals surface area contributed by atoms with Gasteiger partial charge in [-0.15, -0.1) is 0 Å². The summed E-state index contributed by atoms with van der Waals surface area (Å²) in [6, 6.07) is 19.3. The highest BCUT2D eigenvalue weighted by atomic mass is 16.8. The van der Waals surface area contributed by atoms with Gasteiger partial charge in [0.25, 0.3) is 0 Å². The van der Waals surface area contributed by atoms with Crippen LogP contribution in [-0.2, 0) is 19.1 Å². The average molecular weight is 353 g/mol. The van der Waals surface area contributed by atoms with E-state index in [0.717, 1.165) is 11.1 Å². The largest absolute Gasteiger partial charge is 0.465 e. The molecule has 3 atom stereocenters. The van der Waals surface area contributed by atoms with Crippen molar-refractivity contribution in [1.82, 2.24) is 0 Å². The highest BCUT2D eigenvalue weighted by Gasteiger charge is 2.45. The lowest BCUT2D eigenvalue weighted by Crippen LogP contribution is -2.43. The highest BCUT2D eigenvalue weighted by Crippen LogP contribution is 2.37. The van der Waals surface area contributed by atoms with Crippen molar-refractivity contribution < 1.29 is 19.1 Å². The van der Waals surface area contributed by atoms with Crippen molar-refractivity contribution in [2.24, 2.45) is 11.1 Å². The zero-order valence-electron chi connectivity index (χ0n) is 15.0. The van der Waals surface area contributed by atoms with E-state index in [4.69, 9.17) is 14.3 Å². The predicted octanol–water partition coefficient (Wildman–Crippen LogP) is 3.75. The van der Waals surface area contributed by atoms with Crippen molar-refractivity contribution in [2.45, 2.75) is 26.1 Å². The maximum Gasteiger partial charge on any atom is 0.316 e. The Morgan fingerprint density at radius 3 is 2.27 bits per heavy atom. The summed E-state index contributed by atoms with van der Waals surface area (Å²) in [5.41, 5.74) is 2.35. The monoisotopic (exact) mass is 353 g/mol. The Bertz CT molecular complexity index is 745. The van der Waals surface area contributed by atoms with Crippen LogP contribution in [-0.4, -0.2) is 31.2 Å². The molecule has 0 saturated carbocycles. The summed E-state index contributed by atoms with van der Waals surface area (Å²) in [5, 5.41) is 4.25. The lowest BCUT2D eigenvalue weighted by Gasteiger charge is -2.35. The summed E-state index contributed by atoms with van der Waals surface area (Å²) in [6.45, 7) is 4.45. The van der Waals surface area contributed by atoms with Crippen LogP contribution < -0.4 is 0 Å². The lowest BCUT2D eigenvalue weighted by atomic mass is 9.79. The molecular formula is C21H23NO4. The van der Waals surface area contributed by atoms with E-state index >= 15 is 0 Å². The van der Waals surface area contributed by atoms with E-state index in [1.54, 1.807) is 6.92 Å². The van der Waals surface area contributed by atoms with Crippen LogP contribution in [0.15, 0.2) is 65.8 Å². The third-order valence-corrected chi connectivity index (χ3v) is 4.33. The predicted molar refractivity (Wildman–Crippen MR) is 98.8 cm³/mol. The molecule has 2 aromatic rings. The molecule has 1 aliphatic heterocycles. The lowest BCUT2D eigenvalue weighted by molar-refractivity contribution is -0.177. The molecule has 1 aliphatic rings. The molecule has 1 heterocycles. The van der Waals surface area contributed by atoms with Gasteiger partial charge in [0, 0.05) is 12.2 Å². The molecule has 0 N–H and O–H groups in total. The topological polar surface area (TPSA) is 57.1 Å². The third kappa shape index (κ3) is 3.78. The summed E-state index contributed by atoms with van der Waals surface area (Å²) >= 11 is 0. The number of hydrogen-bond acceptors (Lipinski definition) is 5. The van der Waals surface area contributed by atoms with Gasteiger partial charge in [0.1, 0.15) is 11.6 Å². The number of esters is 1.